The van der Waals surface area contributed by atoms with E-state index in [0.29, 0.717) is 6.54 Å². The minimum absolute atomic E-state index is 0.0387. The number of carbonyl (C=O) groups is 2. The SMILES string of the molecule is Cc1ccc(C(CNC(=O)CN(C)C(=O)OC(C)(C)C)N(C)C)cc1. The fourth-order valence-corrected chi connectivity index (χ4v) is 2.27. The summed E-state index contributed by atoms with van der Waals surface area (Å²) in [5.41, 5.74) is 1.75. The molecule has 1 aromatic carbocycles. The molecule has 0 bridgehead atoms. The van der Waals surface area contributed by atoms with Gasteiger partial charge in [-0.3, -0.25) is 4.79 Å². The average molecular weight is 349 g/mol. The lowest BCUT2D eigenvalue weighted by Gasteiger charge is -2.26. The zero-order valence-electron chi connectivity index (χ0n) is 16.4. The van der Waals surface area contributed by atoms with E-state index < -0.39 is 11.7 Å². The molecule has 0 saturated heterocycles. The summed E-state index contributed by atoms with van der Waals surface area (Å²) in [6.07, 6.45) is -0.509. The Kier molecular flexibility index (Phi) is 7.42. The Hall–Kier alpha value is -2.08. The molecular weight excluding hydrogens is 318 g/mol. The van der Waals surface area contributed by atoms with E-state index in [1.807, 2.05) is 21.0 Å². The second-order valence-corrected chi connectivity index (χ2v) is 7.53. The van der Waals surface area contributed by atoms with Gasteiger partial charge in [0.2, 0.25) is 5.91 Å². The molecule has 0 heterocycles. The third kappa shape index (κ3) is 7.56. The number of nitrogens with zero attached hydrogens (tertiary/aromatic N) is 2. The number of hydrogen-bond donors (Lipinski definition) is 1. The third-order valence-corrected chi connectivity index (χ3v) is 3.66. The van der Waals surface area contributed by atoms with Crippen LogP contribution in [0.2, 0.25) is 0 Å². The van der Waals surface area contributed by atoms with Crippen LogP contribution < -0.4 is 5.32 Å². The highest BCUT2D eigenvalue weighted by molar-refractivity contribution is 5.82. The van der Waals surface area contributed by atoms with Gasteiger partial charge in [0.05, 0.1) is 6.04 Å². The van der Waals surface area contributed by atoms with Gasteiger partial charge >= 0.3 is 6.09 Å². The van der Waals surface area contributed by atoms with Crippen LogP contribution in [-0.4, -0.2) is 61.6 Å². The molecule has 0 saturated carbocycles. The summed E-state index contributed by atoms with van der Waals surface area (Å²) in [6.45, 7) is 7.86. The summed E-state index contributed by atoms with van der Waals surface area (Å²) >= 11 is 0. The maximum absolute atomic E-state index is 12.2. The molecule has 1 aromatic rings. The van der Waals surface area contributed by atoms with Crippen LogP contribution in [0, 0.1) is 6.92 Å². The van der Waals surface area contributed by atoms with Crippen molar-refractivity contribution in [3.63, 3.8) is 0 Å². The summed E-state index contributed by atoms with van der Waals surface area (Å²) in [5, 5.41) is 2.90. The van der Waals surface area contributed by atoms with E-state index in [0.717, 1.165) is 5.56 Å². The van der Waals surface area contributed by atoms with Gasteiger partial charge in [-0.25, -0.2) is 4.79 Å². The molecule has 6 nitrogen and oxygen atoms in total. The first-order chi connectivity index (χ1) is 11.5. The largest absolute Gasteiger partial charge is 0.444 e. The number of aryl methyl sites for hydroxylation is 1. The van der Waals surface area contributed by atoms with E-state index in [4.69, 9.17) is 4.74 Å². The molecule has 0 aliphatic heterocycles. The van der Waals surface area contributed by atoms with Crippen molar-refractivity contribution in [2.24, 2.45) is 0 Å². The lowest BCUT2D eigenvalue weighted by Crippen LogP contribution is -2.43. The highest BCUT2D eigenvalue weighted by atomic mass is 16.6. The van der Waals surface area contributed by atoms with Crippen molar-refractivity contribution in [2.45, 2.75) is 39.3 Å². The smallest absolute Gasteiger partial charge is 0.410 e. The Morgan fingerprint density at radius 3 is 2.16 bits per heavy atom. The van der Waals surface area contributed by atoms with Gasteiger partial charge in [-0.15, -0.1) is 0 Å². The molecule has 25 heavy (non-hydrogen) atoms. The van der Waals surface area contributed by atoms with Crippen LogP contribution in [0.4, 0.5) is 4.79 Å². The van der Waals surface area contributed by atoms with Crippen molar-refractivity contribution < 1.29 is 14.3 Å². The van der Waals surface area contributed by atoms with E-state index in [1.54, 1.807) is 27.8 Å². The fraction of sp³-hybridized carbons (Fsp3) is 0.579. The van der Waals surface area contributed by atoms with Gasteiger partial charge in [0.1, 0.15) is 12.1 Å². The highest BCUT2D eigenvalue weighted by Crippen LogP contribution is 2.17. The number of nitrogens with one attached hydrogen (secondary N) is 1. The van der Waals surface area contributed by atoms with Gasteiger partial charge in [0, 0.05) is 13.6 Å². The topological polar surface area (TPSA) is 61.9 Å². The molecule has 0 spiro atoms. The van der Waals surface area contributed by atoms with Crippen LogP contribution in [0.15, 0.2) is 24.3 Å². The molecule has 1 atom stereocenters. The summed E-state index contributed by atoms with van der Waals surface area (Å²) < 4.78 is 5.24. The minimum atomic E-state index is -0.580. The van der Waals surface area contributed by atoms with Gasteiger partial charge in [0.15, 0.2) is 0 Å². The Balaban J connectivity index is 2.58. The predicted molar refractivity (Wildman–Crippen MR) is 99.5 cm³/mol. The Labute approximate surface area is 151 Å². The molecule has 6 heteroatoms. The van der Waals surface area contributed by atoms with E-state index in [2.05, 4.69) is 34.5 Å². The Morgan fingerprint density at radius 2 is 1.68 bits per heavy atom. The lowest BCUT2D eigenvalue weighted by atomic mass is 10.0. The number of carbonyl (C=O) groups excluding carboxylic acids is 2. The maximum Gasteiger partial charge on any atom is 0.410 e. The number of likely N-dealkylation sites (N-methyl/N-ethyl adjacent to an activating group) is 2. The van der Waals surface area contributed by atoms with Gasteiger partial charge in [-0.05, 0) is 47.4 Å². The molecule has 1 unspecified atom stereocenters. The van der Waals surface area contributed by atoms with Crippen LogP contribution in [0.25, 0.3) is 0 Å². The first-order valence-electron chi connectivity index (χ1n) is 8.43. The van der Waals surface area contributed by atoms with Crippen molar-refractivity contribution in [3.05, 3.63) is 35.4 Å². The quantitative estimate of drug-likeness (QED) is 0.857. The van der Waals surface area contributed by atoms with E-state index in [1.165, 1.54) is 10.5 Å². The zero-order valence-corrected chi connectivity index (χ0v) is 16.4. The predicted octanol–water partition coefficient (Wildman–Crippen LogP) is 2.58. The number of rotatable bonds is 6. The van der Waals surface area contributed by atoms with Crippen molar-refractivity contribution in [3.8, 4) is 0 Å². The maximum atomic E-state index is 12.2. The lowest BCUT2D eigenvalue weighted by molar-refractivity contribution is -0.122. The monoisotopic (exact) mass is 349 g/mol. The van der Waals surface area contributed by atoms with Gasteiger partial charge in [0.25, 0.3) is 0 Å². The average Bonchev–Trinajstić information content (AvgIpc) is 2.47. The number of benzene rings is 1. The minimum Gasteiger partial charge on any atom is -0.444 e. The summed E-state index contributed by atoms with van der Waals surface area (Å²) in [7, 11) is 5.50. The van der Waals surface area contributed by atoms with Crippen LogP contribution in [0.5, 0.6) is 0 Å². The molecule has 0 aromatic heterocycles. The zero-order chi connectivity index (χ0) is 19.2. The molecule has 0 aliphatic carbocycles. The van der Waals surface area contributed by atoms with Crippen LogP contribution in [0.1, 0.15) is 37.9 Å². The Morgan fingerprint density at radius 1 is 1.12 bits per heavy atom. The van der Waals surface area contributed by atoms with Crippen LogP contribution in [0.3, 0.4) is 0 Å². The van der Waals surface area contributed by atoms with E-state index in [-0.39, 0.29) is 18.5 Å². The molecule has 140 valence electrons. The van der Waals surface area contributed by atoms with Gasteiger partial charge in [-0.2, -0.15) is 0 Å². The summed E-state index contributed by atoms with van der Waals surface area (Å²) in [5.74, 6) is -0.215. The Bertz CT molecular complexity index is 577. The number of ether oxygens (including phenoxy) is 1. The fourth-order valence-electron chi connectivity index (χ4n) is 2.27. The molecule has 0 fully saturated rings. The van der Waals surface area contributed by atoms with Gasteiger partial charge in [-0.1, -0.05) is 29.8 Å². The summed E-state index contributed by atoms with van der Waals surface area (Å²) in [4.78, 5) is 27.4. The van der Waals surface area contributed by atoms with E-state index >= 15 is 0 Å². The van der Waals surface area contributed by atoms with Crippen LogP contribution >= 0.6 is 0 Å². The van der Waals surface area contributed by atoms with Crippen molar-refractivity contribution in [1.29, 1.82) is 0 Å². The van der Waals surface area contributed by atoms with Crippen molar-refractivity contribution in [2.75, 3.05) is 34.2 Å². The molecule has 1 N–H and O–H groups in total. The third-order valence-electron chi connectivity index (χ3n) is 3.66. The normalized spacial score (nSPS) is 12.6. The van der Waals surface area contributed by atoms with Crippen molar-refractivity contribution in [1.82, 2.24) is 15.1 Å². The molecule has 2 amide bonds. The summed E-state index contributed by atoms with van der Waals surface area (Å²) in [6, 6.07) is 8.32. The van der Waals surface area contributed by atoms with Crippen molar-refractivity contribution >= 4 is 12.0 Å². The molecular formula is C19H31N3O3. The molecule has 1 rings (SSSR count). The molecule has 0 aliphatic rings. The van der Waals surface area contributed by atoms with Gasteiger partial charge < -0.3 is 19.9 Å². The van der Waals surface area contributed by atoms with Crippen LogP contribution in [-0.2, 0) is 9.53 Å². The molecule has 0 radical (unpaired) electrons. The second kappa shape index (κ2) is 8.85. The number of hydrogen-bond acceptors (Lipinski definition) is 4. The van der Waals surface area contributed by atoms with E-state index in [9.17, 15) is 9.59 Å². The first-order valence-corrected chi connectivity index (χ1v) is 8.43. The standard InChI is InChI=1S/C19H31N3O3/c1-14-8-10-15(11-9-14)16(21(5)6)12-20-17(23)13-22(7)18(24)25-19(2,3)4/h8-11,16H,12-13H2,1-7H3,(H,20,23). The second-order valence-electron chi connectivity index (χ2n) is 7.53. The first kappa shape index (κ1) is 21.0. The number of amides is 2. The highest BCUT2D eigenvalue weighted by Gasteiger charge is 2.22.